The Morgan fingerprint density at radius 1 is 0.508 bits per heavy atom. The van der Waals surface area contributed by atoms with Gasteiger partial charge in [-0.3, -0.25) is 4.79 Å². The van der Waals surface area contributed by atoms with Crippen LogP contribution in [0, 0.1) is 0 Å². The fourth-order valence-electron chi connectivity index (χ4n) is 8.76. The standard InChI is InChI=1S/C56H105NO8/c1-3-5-7-9-11-13-15-17-19-20-21-22-23-24-25-26-27-28-29-30-31-32-33-35-37-39-41-43-45-50(59)49(48-64-56-55(63)54(62)53(61)51(47-58)65-56)57-52(60)46-44-42-40-38-36-34-18-16-14-12-10-8-6-4-2/h16,18,35,37,43,45,49-51,53-56,58-59,61-63H,3-15,17,19-34,36,38-42,44,46-48H2,1-2H3,(H,57,60)/b18-16-,37-35+,45-43+. The Morgan fingerprint density at radius 3 is 1.29 bits per heavy atom. The van der Waals surface area contributed by atoms with Crippen LogP contribution >= 0.6 is 0 Å². The van der Waals surface area contributed by atoms with E-state index < -0.39 is 49.5 Å². The number of aliphatic hydroxyl groups excluding tert-OH is 5. The lowest BCUT2D eigenvalue weighted by molar-refractivity contribution is -0.302. The van der Waals surface area contributed by atoms with Crippen molar-refractivity contribution >= 4 is 5.91 Å². The SMILES string of the molecule is CCCCCCC/C=C\CCCCCCCC(=O)NC(COC1OC(CO)C(O)C(O)C1O)C(O)/C=C/CC/C=C/CCCCCCCCCCCCCCCCCCCCCCCC. The average Bonchev–Trinajstić information content (AvgIpc) is 3.31. The van der Waals surface area contributed by atoms with Crippen molar-refractivity contribution in [1.29, 1.82) is 0 Å². The van der Waals surface area contributed by atoms with Crippen molar-refractivity contribution in [3.63, 3.8) is 0 Å². The molecule has 65 heavy (non-hydrogen) atoms. The summed E-state index contributed by atoms with van der Waals surface area (Å²) in [5.74, 6) is -0.194. The first-order chi connectivity index (χ1) is 31.8. The van der Waals surface area contributed by atoms with E-state index >= 15 is 0 Å². The Hall–Kier alpha value is -1.59. The molecule has 7 atom stereocenters. The fraction of sp³-hybridized carbons (Fsp3) is 0.875. The Balaban J connectivity index is 2.23. The van der Waals surface area contributed by atoms with Gasteiger partial charge in [0.25, 0.3) is 0 Å². The van der Waals surface area contributed by atoms with Gasteiger partial charge in [0.2, 0.25) is 5.91 Å². The number of hydrogen-bond acceptors (Lipinski definition) is 8. The second kappa shape index (κ2) is 46.2. The number of rotatable bonds is 47. The van der Waals surface area contributed by atoms with Gasteiger partial charge in [0, 0.05) is 6.42 Å². The molecule has 1 saturated heterocycles. The smallest absolute Gasteiger partial charge is 0.220 e. The van der Waals surface area contributed by atoms with Gasteiger partial charge in [-0.05, 0) is 57.8 Å². The summed E-state index contributed by atoms with van der Waals surface area (Å²) in [6.45, 7) is 3.76. The predicted octanol–water partition coefficient (Wildman–Crippen LogP) is 13.2. The number of allylic oxidation sites excluding steroid dienone is 5. The molecular formula is C56H105NO8. The fourth-order valence-corrected chi connectivity index (χ4v) is 8.76. The van der Waals surface area contributed by atoms with Crippen LogP contribution < -0.4 is 5.32 Å². The van der Waals surface area contributed by atoms with E-state index in [0.717, 1.165) is 57.8 Å². The second-order valence-electron chi connectivity index (χ2n) is 19.4. The van der Waals surface area contributed by atoms with E-state index in [1.807, 2.05) is 6.08 Å². The molecule has 1 heterocycles. The summed E-state index contributed by atoms with van der Waals surface area (Å²) in [5, 5.41) is 54.3. The van der Waals surface area contributed by atoms with Crippen LogP contribution in [0.25, 0.3) is 0 Å². The molecule has 0 aromatic heterocycles. The molecule has 6 N–H and O–H groups in total. The lowest BCUT2D eigenvalue weighted by Crippen LogP contribution is -2.60. The van der Waals surface area contributed by atoms with Crippen LogP contribution in [0.3, 0.4) is 0 Å². The number of aliphatic hydroxyl groups is 5. The molecule has 0 aromatic rings. The highest BCUT2D eigenvalue weighted by molar-refractivity contribution is 5.76. The topological polar surface area (TPSA) is 149 Å². The van der Waals surface area contributed by atoms with Crippen LogP contribution in [0.5, 0.6) is 0 Å². The molecule has 7 unspecified atom stereocenters. The highest BCUT2D eigenvalue weighted by atomic mass is 16.7. The summed E-state index contributed by atoms with van der Waals surface area (Å²) in [4.78, 5) is 13.0. The first-order valence-electron chi connectivity index (χ1n) is 27.7. The van der Waals surface area contributed by atoms with Gasteiger partial charge >= 0.3 is 0 Å². The molecule has 0 bridgehead atoms. The van der Waals surface area contributed by atoms with E-state index in [0.29, 0.717) is 6.42 Å². The van der Waals surface area contributed by atoms with Crippen LogP contribution in [0.2, 0.25) is 0 Å². The minimum absolute atomic E-state index is 0.194. The average molecular weight is 920 g/mol. The highest BCUT2D eigenvalue weighted by Gasteiger charge is 2.44. The first kappa shape index (κ1) is 61.4. The normalized spacial score (nSPS) is 20.1. The van der Waals surface area contributed by atoms with E-state index in [9.17, 15) is 30.3 Å². The third-order valence-corrected chi connectivity index (χ3v) is 13.2. The van der Waals surface area contributed by atoms with E-state index in [-0.39, 0.29) is 12.5 Å². The summed E-state index contributed by atoms with van der Waals surface area (Å²) in [6.07, 6.45) is 52.2. The molecule has 1 aliphatic heterocycles. The molecule has 1 fully saturated rings. The van der Waals surface area contributed by atoms with Crippen LogP contribution in [0.4, 0.5) is 0 Å². The molecule has 1 rings (SSSR count). The largest absolute Gasteiger partial charge is 0.394 e. The lowest BCUT2D eigenvalue weighted by atomic mass is 9.99. The van der Waals surface area contributed by atoms with Gasteiger partial charge in [-0.1, -0.05) is 230 Å². The van der Waals surface area contributed by atoms with Gasteiger partial charge in [0.05, 0.1) is 25.4 Å². The number of nitrogens with one attached hydrogen (secondary N) is 1. The van der Waals surface area contributed by atoms with Crippen LogP contribution in [-0.2, 0) is 14.3 Å². The molecule has 1 amide bonds. The van der Waals surface area contributed by atoms with Gasteiger partial charge in [-0.25, -0.2) is 0 Å². The molecule has 1 aliphatic rings. The summed E-state index contributed by atoms with van der Waals surface area (Å²) >= 11 is 0. The Labute approximate surface area is 400 Å². The maximum absolute atomic E-state index is 13.0. The zero-order valence-corrected chi connectivity index (χ0v) is 42.3. The maximum Gasteiger partial charge on any atom is 0.220 e. The van der Waals surface area contributed by atoms with Crippen molar-refractivity contribution in [3.05, 3.63) is 36.5 Å². The first-order valence-corrected chi connectivity index (χ1v) is 27.7. The van der Waals surface area contributed by atoms with Crippen LogP contribution in [0.1, 0.15) is 258 Å². The third-order valence-electron chi connectivity index (χ3n) is 13.2. The molecule has 0 spiro atoms. The number of carbonyl (C=O) groups is 1. The highest BCUT2D eigenvalue weighted by Crippen LogP contribution is 2.23. The summed E-state index contributed by atoms with van der Waals surface area (Å²) in [7, 11) is 0. The molecule has 0 radical (unpaired) electrons. The summed E-state index contributed by atoms with van der Waals surface area (Å²) in [5.41, 5.74) is 0. The quantitative estimate of drug-likeness (QED) is 0.0261. The van der Waals surface area contributed by atoms with Crippen molar-refractivity contribution < 1.29 is 39.8 Å². The molecule has 0 aliphatic carbocycles. The molecule has 0 saturated carbocycles. The summed E-state index contributed by atoms with van der Waals surface area (Å²) < 4.78 is 11.2. The Bertz CT molecular complexity index is 1110. The molecule has 9 heteroatoms. The van der Waals surface area contributed by atoms with Gasteiger partial charge in [-0.15, -0.1) is 0 Å². The van der Waals surface area contributed by atoms with Gasteiger partial charge in [-0.2, -0.15) is 0 Å². The van der Waals surface area contributed by atoms with E-state index in [1.54, 1.807) is 6.08 Å². The van der Waals surface area contributed by atoms with Crippen LogP contribution in [-0.4, -0.2) is 87.5 Å². The van der Waals surface area contributed by atoms with Gasteiger partial charge in [0.15, 0.2) is 6.29 Å². The minimum atomic E-state index is -1.57. The van der Waals surface area contributed by atoms with E-state index in [4.69, 9.17) is 9.47 Å². The zero-order chi connectivity index (χ0) is 47.3. The monoisotopic (exact) mass is 920 g/mol. The molecule has 9 nitrogen and oxygen atoms in total. The molecule has 0 aromatic carbocycles. The van der Waals surface area contributed by atoms with Crippen LogP contribution in [0.15, 0.2) is 36.5 Å². The van der Waals surface area contributed by atoms with E-state index in [1.165, 1.54) is 180 Å². The number of carbonyl (C=O) groups excluding carboxylic acids is 1. The van der Waals surface area contributed by atoms with Crippen molar-refractivity contribution in [2.45, 2.75) is 301 Å². The Kier molecular flexibility index (Phi) is 43.6. The maximum atomic E-state index is 13.0. The van der Waals surface area contributed by atoms with E-state index in [2.05, 4.69) is 43.5 Å². The molecule has 382 valence electrons. The number of amides is 1. The molecular weight excluding hydrogens is 815 g/mol. The zero-order valence-electron chi connectivity index (χ0n) is 42.3. The lowest BCUT2D eigenvalue weighted by Gasteiger charge is -2.40. The van der Waals surface area contributed by atoms with Crippen molar-refractivity contribution in [2.75, 3.05) is 13.2 Å². The number of unbranched alkanes of at least 4 members (excludes halogenated alkanes) is 33. The predicted molar refractivity (Wildman–Crippen MR) is 272 cm³/mol. The van der Waals surface area contributed by atoms with Crippen molar-refractivity contribution in [1.82, 2.24) is 5.32 Å². The number of hydrogen-bond donors (Lipinski definition) is 6. The van der Waals surface area contributed by atoms with Gasteiger partial charge in [0.1, 0.15) is 24.4 Å². The number of ether oxygens (including phenoxy) is 2. The Morgan fingerprint density at radius 2 is 0.877 bits per heavy atom. The second-order valence-corrected chi connectivity index (χ2v) is 19.4. The summed E-state index contributed by atoms with van der Waals surface area (Å²) in [6, 6.07) is -0.825. The third kappa shape index (κ3) is 36.1. The van der Waals surface area contributed by atoms with Crippen molar-refractivity contribution in [2.24, 2.45) is 0 Å². The van der Waals surface area contributed by atoms with Crippen molar-refractivity contribution in [3.8, 4) is 0 Å². The van der Waals surface area contributed by atoms with Gasteiger partial charge < -0.3 is 40.3 Å². The minimum Gasteiger partial charge on any atom is -0.394 e.